The summed E-state index contributed by atoms with van der Waals surface area (Å²) in [7, 11) is 0. The fraction of sp³-hybridized carbons (Fsp3) is 0.214. The molecule has 5 heteroatoms. The summed E-state index contributed by atoms with van der Waals surface area (Å²) >= 11 is 5.02. The van der Waals surface area contributed by atoms with Gasteiger partial charge >= 0.3 is 0 Å². The molecule has 1 aromatic carbocycles. The summed E-state index contributed by atoms with van der Waals surface area (Å²) in [5, 5.41) is 2.02. The topological polar surface area (TPSA) is 46.3 Å². The molecule has 0 saturated heterocycles. The zero-order chi connectivity index (χ0) is 13.8. The molecule has 0 atom stereocenters. The van der Waals surface area contributed by atoms with Crippen molar-refractivity contribution in [3.63, 3.8) is 0 Å². The number of hydrogen-bond acceptors (Lipinski definition) is 3. The molecule has 2 aromatic rings. The van der Waals surface area contributed by atoms with Gasteiger partial charge in [0.2, 0.25) is 0 Å². The maximum Gasteiger partial charge on any atom is 0.254 e. The lowest BCUT2D eigenvalue weighted by Crippen LogP contribution is -2.30. The van der Waals surface area contributed by atoms with Gasteiger partial charge < -0.3 is 10.6 Å². The Morgan fingerprint density at radius 1 is 1.42 bits per heavy atom. The van der Waals surface area contributed by atoms with Crippen LogP contribution in [0.3, 0.4) is 0 Å². The molecule has 100 valence electrons. The van der Waals surface area contributed by atoms with Gasteiger partial charge in [0.1, 0.15) is 0 Å². The van der Waals surface area contributed by atoms with E-state index in [-0.39, 0.29) is 5.91 Å². The minimum absolute atomic E-state index is 0.00361. The van der Waals surface area contributed by atoms with Crippen LogP contribution in [0.5, 0.6) is 0 Å². The van der Waals surface area contributed by atoms with Gasteiger partial charge in [0.25, 0.3) is 5.91 Å². The maximum atomic E-state index is 12.5. The highest BCUT2D eigenvalue weighted by Gasteiger charge is 2.15. The number of hydrogen-bond donors (Lipinski definition) is 1. The smallest absolute Gasteiger partial charge is 0.254 e. The van der Waals surface area contributed by atoms with E-state index in [0.29, 0.717) is 24.3 Å². The molecule has 2 rings (SSSR count). The highest BCUT2D eigenvalue weighted by Crippen LogP contribution is 2.20. The first-order valence-corrected chi connectivity index (χ1v) is 7.65. The van der Waals surface area contributed by atoms with Crippen LogP contribution in [0.15, 0.2) is 40.2 Å². The van der Waals surface area contributed by atoms with Gasteiger partial charge in [0.15, 0.2) is 0 Å². The minimum atomic E-state index is 0.00361. The van der Waals surface area contributed by atoms with E-state index in [2.05, 4.69) is 15.9 Å². The van der Waals surface area contributed by atoms with E-state index in [4.69, 9.17) is 5.73 Å². The molecule has 0 aliphatic heterocycles. The Morgan fingerprint density at radius 2 is 2.21 bits per heavy atom. The van der Waals surface area contributed by atoms with Crippen LogP contribution < -0.4 is 5.73 Å². The second-order valence-electron chi connectivity index (χ2n) is 4.17. The molecule has 0 aliphatic carbocycles. The Balaban J connectivity index is 2.20. The number of amides is 1. The summed E-state index contributed by atoms with van der Waals surface area (Å²) in [4.78, 5) is 15.5. The molecule has 1 aromatic heterocycles. The highest BCUT2D eigenvalue weighted by molar-refractivity contribution is 9.10. The van der Waals surface area contributed by atoms with Crippen molar-refractivity contribution in [2.75, 3.05) is 12.3 Å². The average Bonchev–Trinajstić information content (AvgIpc) is 2.86. The first-order chi connectivity index (χ1) is 9.10. The van der Waals surface area contributed by atoms with Gasteiger partial charge in [-0.1, -0.05) is 22.0 Å². The summed E-state index contributed by atoms with van der Waals surface area (Å²) in [5.41, 5.74) is 6.98. The van der Waals surface area contributed by atoms with Crippen LogP contribution in [0.25, 0.3) is 0 Å². The van der Waals surface area contributed by atoms with E-state index in [0.717, 1.165) is 4.47 Å². The number of halogens is 1. The first kappa shape index (κ1) is 14.1. The molecular formula is C14H15BrN2OS. The molecule has 19 heavy (non-hydrogen) atoms. The number of anilines is 1. The van der Waals surface area contributed by atoms with Crippen molar-refractivity contribution in [3.05, 3.63) is 50.6 Å². The Morgan fingerprint density at radius 3 is 2.79 bits per heavy atom. The lowest BCUT2D eigenvalue weighted by Gasteiger charge is -2.20. The summed E-state index contributed by atoms with van der Waals surface area (Å²) in [6.07, 6.45) is 0. The largest absolute Gasteiger partial charge is 0.399 e. The molecular weight excluding hydrogens is 324 g/mol. The predicted molar refractivity (Wildman–Crippen MR) is 83.3 cm³/mol. The third-order valence-electron chi connectivity index (χ3n) is 2.76. The van der Waals surface area contributed by atoms with E-state index < -0.39 is 0 Å². The number of nitrogen functional groups attached to an aromatic ring is 1. The fourth-order valence-electron chi connectivity index (χ4n) is 1.84. The summed E-state index contributed by atoms with van der Waals surface area (Å²) in [5.74, 6) is 0.00361. The third-order valence-corrected chi connectivity index (χ3v) is 4.08. The molecule has 0 radical (unpaired) electrons. The number of thiophene rings is 1. The SMILES string of the molecule is CCN(Cc1cccs1)C(=O)c1cc(N)cc(Br)c1. The van der Waals surface area contributed by atoms with E-state index >= 15 is 0 Å². The molecule has 0 bridgehead atoms. The molecule has 0 unspecified atom stereocenters. The van der Waals surface area contributed by atoms with Crippen molar-refractivity contribution in [2.45, 2.75) is 13.5 Å². The number of nitrogens with zero attached hydrogens (tertiary/aromatic N) is 1. The summed E-state index contributed by atoms with van der Waals surface area (Å²) < 4.78 is 0.822. The van der Waals surface area contributed by atoms with Gasteiger partial charge in [-0.05, 0) is 36.6 Å². The van der Waals surface area contributed by atoms with E-state index in [1.54, 1.807) is 29.5 Å². The lowest BCUT2D eigenvalue weighted by molar-refractivity contribution is 0.0754. The van der Waals surface area contributed by atoms with Gasteiger partial charge in [0.05, 0.1) is 6.54 Å². The zero-order valence-corrected chi connectivity index (χ0v) is 13.0. The van der Waals surface area contributed by atoms with Crippen molar-refractivity contribution < 1.29 is 4.79 Å². The molecule has 1 heterocycles. The van der Waals surface area contributed by atoms with Crippen LogP contribution in [-0.2, 0) is 6.54 Å². The Bertz CT molecular complexity index is 549. The normalized spacial score (nSPS) is 10.4. The van der Waals surface area contributed by atoms with Crippen molar-refractivity contribution in [2.24, 2.45) is 0 Å². The first-order valence-electron chi connectivity index (χ1n) is 5.98. The van der Waals surface area contributed by atoms with Crippen molar-refractivity contribution >= 4 is 38.9 Å². The monoisotopic (exact) mass is 338 g/mol. The van der Waals surface area contributed by atoms with Crippen LogP contribution >= 0.6 is 27.3 Å². The standard InChI is InChI=1S/C14H15BrN2OS/c1-2-17(9-13-4-3-5-19-13)14(18)10-6-11(15)8-12(16)7-10/h3-8H,2,9,16H2,1H3. The van der Waals surface area contributed by atoms with Gasteiger partial charge in [0, 0.05) is 27.1 Å². The number of carbonyl (C=O) groups is 1. The van der Waals surface area contributed by atoms with Crippen LogP contribution in [0.4, 0.5) is 5.69 Å². The fourth-order valence-corrected chi connectivity index (χ4v) is 3.07. The van der Waals surface area contributed by atoms with Crippen LogP contribution in [-0.4, -0.2) is 17.4 Å². The van der Waals surface area contributed by atoms with Crippen LogP contribution in [0.2, 0.25) is 0 Å². The maximum absolute atomic E-state index is 12.5. The van der Waals surface area contributed by atoms with Gasteiger partial charge in [-0.2, -0.15) is 0 Å². The highest BCUT2D eigenvalue weighted by atomic mass is 79.9. The van der Waals surface area contributed by atoms with Gasteiger partial charge in [-0.3, -0.25) is 4.79 Å². The third kappa shape index (κ3) is 3.58. The van der Waals surface area contributed by atoms with Gasteiger partial charge in [-0.25, -0.2) is 0 Å². The number of nitrogens with two attached hydrogens (primary N) is 1. The number of benzene rings is 1. The molecule has 0 fully saturated rings. The van der Waals surface area contributed by atoms with Gasteiger partial charge in [-0.15, -0.1) is 11.3 Å². The van der Waals surface area contributed by atoms with Crippen LogP contribution in [0, 0.1) is 0 Å². The second kappa shape index (κ2) is 6.21. The zero-order valence-electron chi connectivity index (χ0n) is 10.6. The molecule has 1 amide bonds. The van der Waals surface area contributed by atoms with Crippen molar-refractivity contribution in [1.29, 1.82) is 0 Å². The van der Waals surface area contributed by atoms with Crippen LogP contribution in [0.1, 0.15) is 22.2 Å². The Hall–Kier alpha value is -1.33. The van der Waals surface area contributed by atoms with Crippen molar-refractivity contribution in [1.82, 2.24) is 4.90 Å². The van der Waals surface area contributed by atoms with E-state index in [9.17, 15) is 4.79 Å². The molecule has 0 aliphatic rings. The van der Waals surface area contributed by atoms with E-state index in [1.807, 2.05) is 29.3 Å². The summed E-state index contributed by atoms with van der Waals surface area (Å²) in [6.45, 7) is 3.29. The molecule has 0 spiro atoms. The Kier molecular flexibility index (Phi) is 4.61. The quantitative estimate of drug-likeness (QED) is 0.863. The average molecular weight is 339 g/mol. The van der Waals surface area contributed by atoms with E-state index in [1.165, 1.54) is 4.88 Å². The predicted octanol–water partition coefficient (Wildman–Crippen LogP) is 3.76. The Labute approximate surface area is 125 Å². The minimum Gasteiger partial charge on any atom is -0.399 e. The van der Waals surface area contributed by atoms with Crippen molar-refractivity contribution in [3.8, 4) is 0 Å². The number of carbonyl (C=O) groups excluding carboxylic acids is 1. The second-order valence-corrected chi connectivity index (χ2v) is 6.12. The number of rotatable bonds is 4. The molecule has 2 N–H and O–H groups in total. The lowest BCUT2D eigenvalue weighted by atomic mass is 10.1. The molecule has 0 saturated carbocycles. The molecule has 3 nitrogen and oxygen atoms in total. The summed E-state index contributed by atoms with van der Waals surface area (Å²) in [6, 6.07) is 9.33.